The van der Waals surface area contributed by atoms with Crippen LogP contribution in [0.3, 0.4) is 0 Å². The molecular weight excluding hydrogens is 304 g/mol. The van der Waals surface area contributed by atoms with Gasteiger partial charge in [0, 0.05) is 6.20 Å². The van der Waals surface area contributed by atoms with Crippen molar-refractivity contribution in [2.75, 3.05) is 13.7 Å². The van der Waals surface area contributed by atoms with E-state index in [0.29, 0.717) is 17.2 Å². The van der Waals surface area contributed by atoms with Crippen LogP contribution in [-0.4, -0.2) is 24.5 Å². The van der Waals surface area contributed by atoms with Gasteiger partial charge in [-0.15, -0.1) is 0 Å². The topological polar surface area (TPSA) is 72.2 Å². The first-order valence-corrected chi connectivity index (χ1v) is 7.46. The minimum absolute atomic E-state index is 0.228. The zero-order valence-electron chi connectivity index (χ0n) is 13.6. The van der Waals surface area contributed by atoms with E-state index in [-0.39, 0.29) is 12.4 Å². The molecule has 5 nitrogen and oxygen atoms in total. The second kappa shape index (κ2) is 8.49. The molecule has 0 spiro atoms. The number of carbonyl (C=O) groups excluding carboxylic acids is 1. The average Bonchev–Trinajstić information content (AvgIpc) is 2.62. The predicted molar refractivity (Wildman–Crippen MR) is 90.8 cm³/mol. The monoisotopic (exact) mass is 322 g/mol. The molecule has 2 rings (SSSR count). The molecule has 1 atom stereocenters. The average molecular weight is 322 g/mol. The Morgan fingerprint density at radius 2 is 2.17 bits per heavy atom. The minimum atomic E-state index is -0.945. The number of methoxy groups -OCH3 is 1. The fourth-order valence-corrected chi connectivity index (χ4v) is 2.18. The maximum absolute atomic E-state index is 12.3. The largest absolute Gasteiger partial charge is 0.493 e. The van der Waals surface area contributed by atoms with Crippen molar-refractivity contribution in [1.29, 1.82) is 5.26 Å². The molecule has 0 bridgehead atoms. The van der Waals surface area contributed by atoms with Gasteiger partial charge >= 0.3 is 0 Å². The van der Waals surface area contributed by atoms with E-state index >= 15 is 0 Å². The lowest BCUT2D eigenvalue weighted by Crippen LogP contribution is -2.20. The Balaban J connectivity index is 2.10. The third kappa shape index (κ3) is 4.20. The molecule has 0 N–H and O–H groups in total. The number of nitriles is 1. The molecule has 1 heterocycles. The van der Waals surface area contributed by atoms with Crippen molar-refractivity contribution in [2.24, 2.45) is 0 Å². The van der Waals surface area contributed by atoms with Crippen LogP contribution in [0, 0.1) is 11.3 Å². The van der Waals surface area contributed by atoms with Crippen LogP contribution in [0.4, 0.5) is 0 Å². The summed E-state index contributed by atoms with van der Waals surface area (Å²) in [6.45, 7) is 1.70. The number of rotatable bonds is 7. The molecule has 0 saturated heterocycles. The van der Waals surface area contributed by atoms with Crippen LogP contribution in [0.25, 0.3) is 6.08 Å². The predicted octanol–water partition coefficient (Wildman–Crippen LogP) is 3.38. The summed E-state index contributed by atoms with van der Waals surface area (Å²) in [4.78, 5) is 16.3. The van der Waals surface area contributed by atoms with Gasteiger partial charge in [0.2, 0.25) is 0 Å². The summed E-state index contributed by atoms with van der Waals surface area (Å²) in [7, 11) is 1.54. The Morgan fingerprint density at radius 1 is 1.33 bits per heavy atom. The van der Waals surface area contributed by atoms with Crippen LogP contribution in [0.1, 0.15) is 24.1 Å². The van der Waals surface area contributed by atoms with Gasteiger partial charge in [-0.2, -0.15) is 5.26 Å². The minimum Gasteiger partial charge on any atom is -0.493 e. The van der Waals surface area contributed by atoms with Crippen LogP contribution >= 0.6 is 0 Å². The molecule has 1 aromatic carbocycles. The highest BCUT2D eigenvalue weighted by Gasteiger charge is 2.22. The number of nitrogens with zero attached hydrogens (tertiary/aromatic N) is 2. The van der Waals surface area contributed by atoms with Crippen LogP contribution in [0.15, 0.2) is 48.7 Å². The Labute approximate surface area is 141 Å². The fraction of sp³-hybridized carbons (Fsp3) is 0.211. The molecule has 122 valence electrons. The molecule has 5 heteroatoms. The van der Waals surface area contributed by atoms with Gasteiger partial charge in [0.15, 0.2) is 23.2 Å². The van der Waals surface area contributed by atoms with Crippen molar-refractivity contribution in [1.82, 2.24) is 4.98 Å². The first-order valence-electron chi connectivity index (χ1n) is 7.46. The number of ketones is 1. The number of Topliss-reactive ketones (excluding diaryl/α,β-unsaturated/α-hetero) is 1. The van der Waals surface area contributed by atoms with Crippen LogP contribution in [0.5, 0.6) is 11.5 Å². The maximum atomic E-state index is 12.3. The van der Waals surface area contributed by atoms with E-state index in [9.17, 15) is 10.1 Å². The van der Waals surface area contributed by atoms with Gasteiger partial charge in [-0.3, -0.25) is 9.78 Å². The smallest absolute Gasteiger partial charge is 0.193 e. The van der Waals surface area contributed by atoms with E-state index in [1.807, 2.05) is 37.3 Å². The van der Waals surface area contributed by atoms with Gasteiger partial charge in [0.25, 0.3) is 0 Å². The number of carbonyl (C=O) groups is 1. The molecule has 0 unspecified atom stereocenters. The van der Waals surface area contributed by atoms with Gasteiger partial charge in [0.05, 0.1) is 18.9 Å². The summed E-state index contributed by atoms with van der Waals surface area (Å²) in [6.07, 6.45) is 5.41. The van der Waals surface area contributed by atoms with Gasteiger partial charge < -0.3 is 9.47 Å². The molecule has 0 saturated carbocycles. The molecule has 1 aromatic heterocycles. The van der Waals surface area contributed by atoms with Crippen molar-refractivity contribution in [3.8, 4) is 17.6 Å². The number of pyridine rings is 1. The fourth-order valence-electron chi connectivity index (χ4n) is 2.18. The summed E-state index contributed by atoms with van der Waals surface area (Å²) < 4.78 is 10.8. The lowest BCUT2D eigenvalue weighted by atomic mass is 10.0. The quantitative estimate of drug-likeness (QED) is 0.781. The normalized spacial score (nSPS) is 11.7. The van der Waals surface area contributed by atoms with Crippen molar-refractivity contribution in [2.45, 2.75) is 12.8 Å². The van der Waals surface area contributed by atoms with Crippen molar-refractivity contribution in [3.63, 3.8) is 0 Å². The summed E-state index contributed by atoms with van der Waals surface area (Å²) in [6, 6.07) is 12.5. The molecule has 2 aromatic rings. The second-order valence-corrected chi connectivity index (χ2v) is 4.98. The number of benzene rings is 1. The van der Waals surface area contributed by atoms with Gasteiger partial charge in [-0.05, 0) is 36.8 Å². The number of hydrogen-bond acceptors (Lipinski definition) is 5. The van der Waals surface area contributed by atoms with Crippen molar-refractivity contribution < 1.29 is 14.3 Å². The van der Waals surface area contributed by atoms with E-state index in [4.69, 9.17) is 9.47 Å². The lowest BCUT2D eigenvalue weighted by molar-refractivity contribution is -0.121. The molecule has 0 radical (unpaired) electrons. The molecule has 0 amide bonds. The number of aromatic nitrogens is 1. The standard InChI is InChI=1S/C19H18N2O3/c1-3-6-14-8-9-18(19(11-14)23-2)24-13-17(22)15(12-20)16-7-4-5-10-21-16/h3-11,15H,13H2,1-2H3/b6-3+/t15-/m0/s1. The highest BCUT2D eigenvalue weighted by atomic mass is 16.5. The summed E-state index contributed by atoms with van der Waals surface area (Å²) in [5.41, 5.74) is 1.39. The highest BCUT2D eigenvalue weighted by molar-refractivity contribution is 5.89. The van der Waals surface area contributed by atoms with E-state index in [1.165, 1.54) is 7.11 Å². The zero-order valence-corrected chi connectivity index (χ0v) is 13.6. The Bertz CT molecular complexity index is 764. The summed E-state index contributed by atoms with van der Waals surface area (Å²) >= 11 is 0. The summed E-state index contributed by atoms with van der Waals surface area (Å²) in [5.74, 6) is -0.308. The van der Waals surface area contributed by atoms with Crippen LogP contribution < -0.4 is 9.47 Å². The van der Waals surface area contributed by atoms with E-state index < -0.39 is 5.92 Å². The van der Waals surface area contributed by atoms with Gasteiger partial charge in [0.1, 0.15) is 6.61 Å². The lowest BCUT2D eigenvalue weighted by Gasteiger charge is -2.12. The number of ether oxygens (including phenoxy) is 2. The van der Waals surface area contributed by atoms with Crippen molar-refractivity contribution in [3.05, 3.63) is 59.9 Å². The van der Waals surface area contributed by atoms with E-state index in [1.54, 1.807) is 30.5 Å². The molecule has 24 heavy (non-hydrogen) atoms. The highest BCUT2D eigenvalue weighted by Crippen LogP contribution is 2.29. The van der Waals surface area contributed by atoms with Gasteiger partial charge in [-0.1, -0.05) is 24.3 Å². The zero-order chi connectivity index (χ0) is 17.4. The maximum Gasteiger partial charge on any atom is 0.193 e. The molecule has 0 aliphatic rings. The number of allylic oxidation sites excluding steroid dienone is 1. The SMILES string of the molecule is C/C=C/c1ccc(OCC(=O)[C@@H](C#N)c2ccccn2)c(OC)c1. The molecule has 0 aliphatic carbocycles. The Hall–Kier alpha value is -3.13. The summed E-state index contributed by atoms with van der Waals surface area (Å²) in [5, 5.41) is 9.24. The molecule has 0 aliphatic heterocycles. The van der Waals surface area contributed by atoms with Crippen LogP contribution in [-0.2, 0) is 4.79 Å². The first kappa shape index (κ1) is 17.2. The Kier molecular flexibility index (Phi) is 6.09. The third-order valence-electron chi connectivity index (χ3n) is 3.35. The molecular formula is C19H18N2O3. The van der Waals surface area contributed by atoms with Crippen molar-refractivity contribution >= 4 is 11.9 Å². The third-order valence-corrected chi connectivity index (χ3v) is 3.35. The van der Waals surface area contributed by atoms with Gasteiger partial charge in [-0.25, -0.2) is 0 Å². The second-order valence-electron chi connectivity index (χ2n) is 4.98. The van der Waals surface area contributed by atoms with Crippen LogP contribution in [0.2, 0.25) is 0 Å². The van der Waals surface area contributed by atoms with E-state index in [0.717, 1.165) is 5.56 Å². The first-order chi connectivity index (χ1) is 11.7. The Morgan fingerprint density at radius 3 is 2.79 bits per heavy atom. The van der Waals surface area contributed by atoms with E-state index in [2.05, 4.69) is 4.98 Å². The molecule has 0 fully saturated rings. The number of hydrogen-bond donors (Lipinski definition) is 0.